The molecule has 0 aliphatic rings. The van der Waals surface area contributed by atoms with Crippen molar-refractivity contribution in [2.45, 2.75) is 19.1 Å². The highest BCUT2D eigenvalue weighted by Gasteiger charge is 2.23. The first-order valence-corrected chi connectivity index (χ1v) is 5.99. The van der Waals surface area contributed by atoms with Crippen LogP contribution in [0.2, 0.25) is 0 Å². The molecule has 1 atom stereocenters. The van der Waals surface area contributed by atoms with Gasteiger partial charge in [-0.3, -0.25) is 4.79 Å². The Morgan fingerprint density at radius 1 is 1.35 bits per heavy atom. The van der Waals surface area contributed by atoms with E-state index in [0.29, 0.717) is 0 Å². The van der Waals surface area contributed by atoms with Gasteiger partial charge in [-0.1, -0.05) is 0 Å². The van der Waals surface area contributed by atoms with Crippen LogP contribution in [0.1, 0.15) is 28.4 Å². The number of aliphatic hydroxyl groups is 1. The van der Waals surface area contributed by atoms with Crippen LogP contribution in [0, 0.1) is 0 Å². The topological polar surface area (TPSA) is 83.8 Å². The van der Waals surface area contributed by atoms with Gasteiger partial charge < -0.3 is 14.9 Å². The van der Waals surface area contributed by atoms with Crippen molar-refractivity contribution in [2.75, 3.05) is 5.88 Å². The molecule has 0 bridgehead atoms. The number of ketones is 1. The van der Waals surface area contributed by atoms with Crippen LogP contribution < -0.4 is 4.74 Å². The van der Waals surface area contributed by atoms with Crippen LogP contribution in [0.4, 0.5) is 8.78 Å². The van der Waals surface area contributed by atoms with Crippen molar-refractivity contribution in [3.05, 3.63) is 29.3 Å². The number of carboxylic acids is 1. The summed E-state index contributed by atoms with van der Waals surface area (Å²) in [6.07, 6.45) is -2.10. The van der Waals surface area contributed by atoms with E-state index >= 15 is 0 Å². The van der Waals surface area contributed by atoms with E-state index < -0.39 is 24.5 Å². The Morgan fingerprint density at radius 2 is 2.00 bits per heavy atom. The quantitative estimate of drug-likeness (QED) is 0.596. The Hall–Kier alpha value is -1.73. The van der Waals surface area contributed by atoms with Gasteiger partial charge in [0.2, 0.25) is 0 Å². The number of halogens is 3. The standard InChI is InChI=1S/C12H11ClF2O5/c13-4-3-9(16)7-2-1-6(20-12(14)15)5-8(7)10(17)11(18)19/h1-2,5,10,12,17H,3-4H2,(H,18,19). The van der Waals surface area contributed by atoms with E-state index in [0.717, 1.165) is 18.2 Å². The lowest BCUT2D eigenvalue weighted by atomic mass is 9.97. The number of aliphatic hydroxyl groups excluding tert-OH is 1. The lowest BCUT2D eigenvalue weighted by Crippen LogP contribution is -2.16. The van der Waals surface area contributed by atoms with E-state index in [1.165, 1.54) is 0 Å². The molecule has 0 amide bonds. The third-order valence-corrected chi connectivity index (χ3v) is 2.59. The molecule has 0 saturated heterocycles. The number of carboxylic acid groups (broad SMARTS) is 1. The Balaban J connectivity index is 3.22. The second-order valence-electron chi connectivity index (χ2n) is 3.73. The van der Waals surface area contributed by atoms with Gasteiger partial charge in [-0.05, 0) is 18.2 Å². The van der Waals surface area contributed by atoms with Gasteiger partial charge in [0, 0.05) is 23.4 Å². The Kier molecular flexibility index (Phi) is 5.84. The predicted octanol–water partition coefficient (Wildman–Crippen LogP) is 2.22. The third kappa shape index (κ3) is 4.14. The molecule has 0 aliphatic heterocycles. The molecular weight excluding hydrogens is 298 g/mol. The molecule has 0 heterocycles. The summed E-state index contributed by atoms with van der Waals surface area (Å²) in [5.41, 5.74) is -0.409. The third-order valence-electron chi connectivity index (χ3n) is 2.40. The van der Waals surface area contributed by atoms with Crippen molar-refractivity contribution in [3.8, 4) is 5.75 Å². The lowest BCUT2D eigenvalue weighted by Gasteiger charge is -2.13. The molecule has 1 unspecified atom stereocenters. The molecule has 1 aromatic rings. The number of hydrogen-bond acceptors (Lipinski definition) is 4. The van der Waals surface area contributed by atoms with Crippen LogP contribution in [0.15, 0.2) is 18.2 Å². The van der Waals surface area contributed by atoms with E-state index in [1.54, 1.807) is 0 Å². The van der Waals surface area contributed by atoms with E-state index in [2.05, 4.69) is 4.74 Å². The van der Waals surface area contributed by atoms with Gasteiger partial charge in [-0.25, -0.2) is 4.79 Å². The summed E-state index contributed by atoms with van der Waals surface area (Å²) in [6.45, 7) is -3.10. The average molecular weight is 309 g/mol. The molecule has 2 N–H and O–H groups in total. The van der Waals surface area contributed by atoms with Gasteiger partial charge in [0.25, 0.3) is 0 Å². The molecular formula is C12H11ClF2O5. The van der Waals surface area contributed by atoms with Crippen molar-refractivity contribution in [1.29, 1.82) is 0 Å². The van der Waals surface area contributed by atoms with Crippen molar-refractivity contribution >= 4 is 23.4 Å². The van der Waals surface area contributed by atoms with Crippen molar-refractivity contribution in [1.82, 2.24) is 0 Å². The number of ether oxygens (including phenoxy) is 1. The minimum absolute atomic E-state index is 0.0106. The fourth-order valence-corrected chi connectivity index (χ4v) is 1.72. The Labute approximate surface area is 117 Å². The second kappa shape index (κ2) is 7.16. The molecule has 0 spiro atoms. The molecule has 110 valence electrons. The monoisotopic (exact) mass is 308 g/mol. The second-order valence-corrected chi connectivity index (χ2v) is 4.11. The largest absolute Gasteiger partial charge is 0.479 e. The van der Waals surface area contributed by atoms with Crippen LogP contribution in [-0.2, 0) is 4.79 Å². The predicted molar refractivity (Wildman–Crippen MR) is 65.3 cm³/mol. The number of benzene rings is 1. The van der Waals surface area contributed by atoms with Crippen LogP contribution >= 0.6 is 11.6 Å². The van der Waals surface area contributed by atoms with E-state index in [4.69, 9.17) is 16.7 Å². The Bertz CT molecular complexity index is 507. The fraction of sp³-hybridized carbons (Fsp3) is 0.333. The van der Waals surface area contributed by atoms with Gasteiger partial charge >= 0.3 is 12.6 Å². The first-order chi connectivity index (χ1) is 9.36. The molecule has 0 saturated carbocycles. The summed E-state index contributed by atoms with van der Waals surface area (Å²) in [6, 6.07) is 3.10. The number of Topliss-reactive ketones (excluding diaryl/α,β-unsaturated/α-hetero) is 1. The summed E-state index contributed by atoms with van der Waals surface area (Å²) in [5, 5.41) is 18.3. The zero-order chi connectivity index (χ0) is 15.3. The highest BCUT2D eigenvalue weighted by molar-refractivity contribution is 6.19. The van der Waals surface area contributed by atoms with E-state index in [-0.39, 0.29) is 29.2 Å². The van der Waals surface area contributed by atoms with E-state index in [1.807, 2.05) is 0 Å². The van der Waals surface area contributed by atoms with Gasteiger partial charge in [0.15, 0.2) is 11.9 Å². The maximum Gasteiger partial charge on any atom is 0.387 e. The van der Waals surface area contributed by atoms with Gasteiger partial charge in [0.05, 0.1) is 0 Å². The zero-order valence-electron chi connectivity index (χ0n) is 10.1. The molecule has 0 fully saturated rings. The van der Waals surface area contributed by atoms with Gasteiger partial charge in [-0.15, -0.1) is 11.6 Å². The molecule has 1 aromatic carbocycles. The van der Waals surface area contributed by atoms with Crippen molar-refractivity contribution in [2.24, 2.45) is 0 Å². The maximum atomic E-state index is 12.1. The maximum absolute atomic E-state index is 12.1. The van der Waals surface area contributed by atoms with Crippen LogP contribution in [0.3, 0.4) is 0 Å². The zero-order valence-corrected chi connectivity index (χ0v) is 10.8. The summed E-state index contributed by atoms with van der Waals surface area (Å²) >= 11 is 5.42. The van der Waals surface area contributed by atoms with Crippen molar-refractivity contribution < 1.29 is 33.3 Å². The number of carbonyl (C=O) groups excluding carboxylic acids is 1. The smallest absolute Gasteiger partial charge is 0.387 e. The molecule has 0 aliphatic carbocycles. The van der Waals surface area contributed by atoms with Crippen molar-refractivity contribution in [3.63, 3.8) is 0 Å². The summed E-state index contributed by atoms with van der Waals surface area (Å²) in [5.74, 6) is -2.45. The summed E-state index contributed by atoms with van der Waals surface area (Å²) in [4.78, 5) is 22.5. The normalized spacial score (nSPS) is 12.2. The summed E-state index contributed by atoms with van der Waals surface area (Å²) < 4.78 is 28.3. The van der Waals surface area contributed by atoms with Crippen LogP contribution in [0.5, 0.6) is 5.75 Å². The van der Waals surface area contributed by atoms with Gasteiger partial charge in [-0.2, -0.15) is 8.78 Å². The molecule has 0 radical (unpaired) electrons. The molecule has 1 rings (SSSR count). The minimum atomic E-state index is -3.10. The number of rotatable bonds is 7. The van der Waals surface area contributed by atoms with Gasteiger partial charge in [0.1, 0.15) is 5.75 Å². The minimum Gasteiger partial charge on any atom is -0.479 e. The first kappa shape index (κ1) is 16.3. The highest BCUT2D eigenvalue weighted by Crippen LogP contribution is 2.26. The van der Waals surface area contributed by atoms with E-state index in [9.17, 15) is 23.5 Å². The average Bonchev–Trinajstić information content (AvgIpc) is 2.37. The summed E-state index contributed by atoms with van der Waals surface area (Å²) in [7, 11) is 0. The molecule has 20 heavy (non-hydrogen) atoms. The fourth-order valence-electron chi connectivity index (χ4n) is 1.55. The van der Waals surface area contributed by atoms with Crippen LogP contribution in [-0.4, -0.2) is 34.5 Å². The number of carbonyl (C=O) groups is 2. The number of alkyl halides is 3. The molecule has 5 nitrogen and oxygen atoms in total. The number of hydrogen-bond donors (Lipinski definition) is 2. The highest BCUT2D eigenvalue weighted by atomic mass is 35.5. The van der Waals surface area contributed by atoms with Crippen LogP contribution in [0.25, 0.3) is 0 Å². The Morgan fingerprint density at radius 3 is 2.50 bits per heavy atom. The number of aliphatic carboxylic acids is 1. The lowest BCUT2D eigenvalue weighted by molar-refractivity contribution is -0.146. The molecule has 8 heteroatoms. The molecule has 0 aromatic heterocycles. The SMILES string of the molecule is O=C(CCCl)c1ccc(OC(F)F)cc1C(O)C(=O)O. The first-order valence-electron chi connectivity index (χ1n) is 5.45.